The van der Waals surface area contributed by atoms with E-state index in [1.165, 1.54) is 0 Å². The number of hydrogen-bond acceptors (Lipinski definition) is 6. The van der Waals surface area contributed by atoms with Gasteiger partial charge in [0.2, 0.25) is 5.91 Å². The van der Waals surface area contributed by atoms with Gasteiger partial charge in [-0.1, -0.05) is 0 Å². The maximum Gasteiger partial charge on any atom is 0.231 e. The Labute approximate surface area is 156 Å². The van der Waals surface area contributed by atoms with Crippen LogP contribution in [-0.2, 0) is 4.79 Å². The molecule has 4 aromatic rings. The number of methoxy groups -OCH3 is 1. The van der Waals surface area contributed by atoms with E-state index in [4.69, 9.17) is 4.74 Å². The number of aromatic nitrogens is 4. The molecule has 0 unspecified atom stereocenters. The first-order chi connectivity index (χ1) is 13.1. The number of thiazole rings is 1. The lowest BCUT2D eigenvalue weighted by Crippen LogP contribution is -2.15. The van der Waals surface area contributed by atoms with E-state index in [2.05, 4.69) is 25.5 Å². The van der Waals surface area contributed by atoms with Crippen LogP contribution in [0.3, 0.4) is 0 Å². The molecule has 2 atom stereocenters. The molecule has 136 valence electrons. The van der Waals surface area contributed by atoms with E-state index < -0.39 is 12.1 Å². The Kier molecular flexibility index (Phi) is 3.57. The highest BCUT2D eigenvalue weighted by Gasteiger charge is 2.43. The van der Waals surface area contributed by atoms with E-state index in [1.807, 2.05) is 18.2 Å². The van der Waals surface area contributed by atoms with E-state index in [-0.39, 0.29) is 12.3 Å². The van der Waals surface area contributed by atoms with Gasteiger partial charge < -0.3 is 10.1 Å². The van der Waals surface area contributed by atoms with E-state index >= 15 is 0 Å². The van der Waals surface area contributed by atoms with Gasteiger partial charge in [0.25, 0.3) is 0 Å². The fraction of sp³-hybridized carbons (Fsp3) is 0.222. The van der Waals surface area contributed by atoms with E-state index in [0.29, 0.717) is 22.9 Å². The number of hydrogen-bond donors (Lipinski definition) is 2. The summed E-state index contributed by atoms with van der Waals surface area (Å²) in [6.45, 7) is 0. The van der Waals surface area contributed by atoms with Gasteiger partial charge >= 0.3 is 0 Å². The summed E-state index contributed by atoms with van der Waals surface area (Å²) in [6, 6.07) is 7.39. The molecular weight excluding hydrogens is 369 g/mol. The normalized spacial score (nSPS) is 18.7. The Morgan fingerprint density at radius 1 is 1.41 bits per heavy atom. The van der Waals surface area contributed by atoms with Gasteiger partial charge in [-0.15, -0.1) is 11.3 Å². The van der Waals surface area contributed by atoms with Crippen LogP contribution >= 0.6 is 11.3 Å². The number of H-pyrrole nitrogens is 1. The zero-order chi connectivity index (χ0) is 18.5. The number of nitrogens with zero attached hydrogens (tertiary/aromatic N) is 3. The molecule has 7 nitrogen and oxygen atoms in total. The second kappa shape index (κ2) is 5.98. The molecule has 0 spiro atoms. The van der Waals surface area contributed by atoms with Crippen molar-refractivity contribution in [2.75, 3.05) is 12.4 Å². The topological polar surface area (TPSA) is 92.8 Å². The number of alkyl halides is 1. The Balaban J connectivity index is 1.54. The number of benzene rings is 1. The zero-order valence-electron chi connectivity index (χ0n) is 14.2. The largest absolute Gasteiger partial charge is 0.496 e. The van der Waals surface area contributed by atoms with Crippen LogP contribution in [0.4, 0.5) is 10.2 Å². The molecule has 1 aromatic carbocycles. The summed E-state index contributed by atoms with van der Waals surface area (Å²) in [6.07, 6.45) is -0.760. The molecule has 0 radical (unpaired) electrons. The Morgan fingerprint density at radius 3 is 3.04 bits per heavy atom. The molecule has 1 saturated carbocycles. The molecule has 27 heavy (non-hydrogen) atoms. The summed E-state index contributed by atoms with van der Waals surface area (Å²) < 4.78 is 19.6. The minimum Gasteiger partial charge on any atom is -0.496 e. The Hall–Kier alpha value is -3.07. The van der Waals surface area contributed by atoms with E-state index in [1.54, 1.807) is 30.0 Å². The Morgan fingerprint density at radius 2 is 2.26 bits per heavy atom. The predicted octanol–water partition coefficient (Wildman–Crippen LogP) is 3.54. The number of fused-ring (bicyclic) bond motifs is 2. The highest BCUT2D eigenvalue weighted by Crippen LogP contribution is 2.38. The molecule has 0 bridgehead atoms. The molecule has 0 aliphatic heterocycles. The monoisotopic (exact) mass is 383 g/mol. The third-order valence-corrected chi connectivity index (χ3v) is 5.42. The number of pyridine rings is 1. The van der Waals surface area contributed by atoms with Gasteiger partial charge in [-0.25, -0.2) is 14.4 Å². The van der Waals surface area contributed by atoms with Crippen molar-refractivity contribution in [2.24, 2.45) is 5.92 Å². The van der Waals surface area contributed by atoms with Crippen LogP contribution in [0.1, 0.15) is 6.42 Å². The number of carbonyl (C=O) groups excluding carboxylic acids is 1. The van der Waals surface area contributed by atoms with Gasteiger partial charge in [-0.2, -0.15) is 5.10 Å². The molecule has 1 aliphatic carbocycles. The van der Waals surface area contributed by atoms with Gasteiger partial charge in [0.1, 0.15) is 23.4 Å². The van der Waals surface area contributed by atoms with Crippen LogP contribution in [0, 0.1) is 5.92 Å². The number of nitrogens with one attached hydrogen (secondary N) is 2. The number of aromatic amines is 1. The molecule has 0 saturated heterocycles. The third-order valence-electron chi connectivity index (χ3n) is 4.63. The van der Waals surface area contributed by atoms with E-state index in [0.717, 1.165) is 21.2 Å². The van der Waals surface area contributed by atoms with Crippen LogP contribution < -0.4 is 10.1 Å². The maximum atomic E-state index is 13.0. The molecule has 3 heterocycles. The second-order valence-corrected chi connectivity index (χ2v) is 7.27. The van der Waals surface area contributed by atoms with Gasteiger partial charge in [0.05, 0.1) is 28.8 Å². The van der Waals surface area contributed by atoms with Crippen molar-refractivity contribution >= 4 is 44.3 Å². The van der Waals surface area contributed by atoms with Gasteiger partial charge in [0.15, 0.2) is 5.65 Å². The fourth-order valence-electron chi connectivity index (χ4n) is 3.07. The molecule has 2 N–H and O–H groups in total. The minimum atomic E-state index is -1.04. The highest BCUT2D eigenvalue weighted by atomic mass is 32.1. The summed E-state index contributed by atoms with van der Waals surface area (Å²) in [7, 11) is 1.60. The van der Waals surface area contributed by atoms with E-state index in [9.17, 15) is 9.18 Å². The van der Waals surface area contributed by atoms with Crippen molar-refractivity contribution in [2.45, 2.75) is 12.6 Å². The number of amides is 1. The first kappa shape index (κ1) is 16.1. The highest BCUT2D eigenvalue weighted by molar-refractivity contribution is 7.16. The predicted molar refractivity (Wildman–Crippen MR) is 101 cm³/mol. The summed E-state index contributed by atoms with van der Waals surface area (Å²) in [4.78, 5) is 20.6. The van der Waals surface area contributed by atoms with Gasteiger partial charge in [0, 0.05) is 17.0 Å². The van der Waals surface area contributed by atoms with Crippen LogP contribution in [0.2, 0.25) is 0 Å². The summed E-state index contributed by atoms with van der Waals surface area (Å²) in [5.41, 5.74) is 4.72. The molecule has 9 heteroatoms. The lowest BCUT2D eigenvalue weighted by atomic mass is 10.1. The minimum absolute atomic E-state index is 0.280. The fourth-order valence-corrected chi connectivity index (χ4v) is 3.77. The summed E-state index contributed by atoms with van der Waals surface area (Å²) >= 11 is 1.54. The molecule has 3 aromatic heterocycles. The summed E-state index contributed by atoms with van der Waals surface area (Å²) in [5, 5.41) is 10.7. The van der Waals surface area contributed by atoms with Crippen molar-refractivity contribution < 1.29 is 13.9 Å². The Bertz CT molecular complexity index is 1190. The van der Waals surface area contributed by atoms with Crippen molar-refractivity contribution in [1.82, 2.24) is 20.2 Å². The van der Waals surface area contributed by atoms with Crippen LogP contribution in [-0.4, -0.2) is 39.4 Å². The lowest BCUT2D eigenvalue weighted by molar-refractivity contribution is -0.117. The number of anilines is 1. The first-order valence-electron chi connectivity index (χ1n) is 8.35. The SMILES string of the molecule is COc1cc2ncsc2cc1-c1n[nH]c2nc(NC(=O)[C@@H]3C[C@@H]3F)ccc12. The van der Waals surface area contributed by atoms with Crippen molar-refractivity contribution in [1.29, 1.82) is 0 Å². The van der Waals surface area contributed by atoms with Crippen molar-refractivity contribution in [3.8, 4) is 17.0 Å². The third kappa shape index (κ3) is 2.71. The molecule has 1 amide bonds. The average Bonchev–Trinajstić information content (AvgIpc) is 3.07. The van der Waals surface area contributed by atoms with Crippen molar-refractivity contribution in [3.05, 3.63) is 29.8 Å². The van der Waals surface area contributed by atoms with Crippen LogP contribution in [0.5, 0.6) is 5.75 Å². The van der Waals surface area contributed by atoms with Gasteiger partial charge in [-0.3, -0.25) is 9.89 Å². The number of carbonyl (C=O) groups is 1. The molecule has 1 fully saturated rings. The zero-order valence-corrected chi connectivity index (χ0v) is 15.0. The van der Waals surface area contributed by atoms with Crippen LogP contribution in [0.25, 0.3) is 32.5 Å². The second-order valence-electron chi connectivity index (χ2n) is 6.38. The quantitative estimate of drug-likeness (QED) is 0.562. The number of ether oxygens (including phenoxy) is 1. The van der Waals surface area contributed by atoms with Gasteiger partial charge in [-0.05, 0) is 24.6 Å². The molecule has 1 aliphatic rings. The summed E-state index contributed by atoms with van der Waals surface area (Å²) in [5.74, 6) is 0.134. The lowest BCUT2D eigenvalue weighted by Gasteiger charge is -2.07. The first-order valence-corrected chi connectivity index (χ1v) is 9.23. The maximum absolute atomic E-state index is 13.0. The average molecular weight is 383 g/mol. The molecule has 5 rings (SSSR count). The smallest absolute Gasteiger partial charge is 0.231 e. The molecular formula is C18H14FN5O2S. The number of halogens is 1. The van der Waals surface area contributed by atoms with Crippen molar-refractivity contribution in [3.63, 3.8) is 0 Å². The standard InChI is InChI=1S/C18H14FN5O2S/c1-26-13-6-12-14(27-7-20-12)5-10(13)16-8-2-3-15(21-17(8)24-23-16)22-18(25)9-4-11(9)19/h2-3,5-7,9,11H,4H2,1H3,(H2,21,22,23,24,25)/t9-,11+/m1/s1. The van der Waals surface area contributed by atoms with Crippen LogP contribution in [0.15, 0.2) is 29.8 Å². The number of rotatable bonds is 4.